The summed E-state index contributed by atoms with van der Waals surface area (Å²) in [6.45, 7) is 4.15. The summed E-state index contributed by atoms with van der Waals surface area (Å²) in [5, 5.41) is 0.333. The second kappa shape index (κ2) is 6.51. The van der Waals surface area contributed by atoms with Crippen molar-refractivity contribution >= 4 is 34.6 Å². The molecular weight excluding hydrogens is 351 g/mol. The highest BCUT2D eigenvalue weighted by molar-refractivity contribution is 6.31. The Hall–Kier alpha value is -2.20. The minimum atomic E-state index is -0.396. The van der Waals surface area contributed by atoms with Crippen molar-refractivity contribution < 1.29 is 9.18 Å². The number of anilines is 1. The van der Waals surface area contributed by atoms with E-state index in [9.17, 15) is 9.18 Å². The first-order chi connectivity index (χ1) is 12.5. The van der Waals surface area contributed by atoms with Crippen molar-refractivity contribution in [3.63, 3.8) is 0 Å². The molecule has 3 nitrogen and oxygen atoms in total. The predicted octanol–water partition coefficient (Wildman–Crippen LogP) is 5.52. The monoisotopic (exact) mass is 370 g/mol. The van der Waals surface area contributed by atoms with Crippen LogP contribution in [0.1, 0.15) is 36.0 Å². The first kappa shape index (κ1) is 17.2. The quantitative estimate of drug-likeness (QED) is 0.685. The number of amides is 1. The van der Waals surface area contributed by atoms with Crippen molar-refractivity contribution in [2.75, 3.05) is 4.90 Å². The highest BCUT2D eigenvalue weighted by Gasteiger charge is 2.37. The first-order valence-corrected chi connectivity index (χ1v) is 9.26. The predicted molar refractivity (Wildman–Crippen MR) is 103 cm³/mol. The molecule has 0 spiro atoms. The van der Waals surface area contributed by atoms with Crippen LogP contribution >= 0.6 is 11.6 Å². The van der Waals surface area contributed by atoms with Gasteiger partial charge in [0.25, 0.3) is 0 Å². The van der Waals surface area contributed by atoms with Crippen LogP contribution in [0.3, 0.4) is 0 Å². The van der Waals surface area contributed by atoms with Gasteiger partial charge in [-0.05, 0) is 68.5 Å². The Morgan fingerprint density at radius 1 is 1.27 bits per heavy atom. The van der Waals surface area contributed by atoms with Crippen molar-refractivity contribution in [1.82, 2.24) is 0 Å². The lowest BCUT2D eigenvalue weighted by atomic mass is 10.0. The summed E-state index contributed by atoms with van der Waals surface area (Å²) in [6.07, 6.45) is 2.60. The molecule has 1 aliphatic carbocycles. The molecule has 1 fully saturated rings. The van der Waals surface area contributed by atoms with E-state index in [-0.39, 0.29) is 18.4 Å². The summed E-state index contributed by atoms with van der Waals surface area (Å²) in [7, 11) is 0. The molecule has 26 heavy (non-hydrogen) atoms. The SMILES string of the molecule is Cc1cc2c(cc1C)N(Cc1c(F)cccc1Cl)C(=O)[C@@H]1CCCC1=N2. The maximum atomic E-state index is 14.4. The third-order valence-electron chi connectivity index (χ3n) is 5.42. The van der Waals surface area contributed by atoms with Gasteiger partial charge in [0.05, 0.1) is 23.8 Å². The van der Waals surface area contributed by atoms with Gasteiger partial charge in [0, 0.05) is 16.3 Å². The fourth-order valence-corrected chi connectivity index (χ4v) is 4.01. The van der Waals surface area contributed by atoms with Gasteiger partial charge >= 0.3 is 0 Å². The van der Waals surface area contributed by atoms with E-state index in [0.717, 1.165) is 47.5 Å². The normalized spacial score (nSPS) is 19.1. The number of carbonyl (C=O) groups excluding carboxylic acids is 1. The minimum absolute atomic E-state index is 0.0115. The van der Waals surface area contributed by atoms with Crippen LogP contribution in [0.5, 0.6) is 0 Å². The largest absolute Gasteiger partial charge is 0.305 e. The van der Waals surface area contributed by atoms with E-state index in [1.165, 1.54) is 6.07 Å². The molecular formula is C21H20ClFN2O. The van der Waals surface area contributed by atoms with Crippen LogP contribution < -0.4 is 4.90 Å². The van der Waals surface area contributed by atoms with Gasteiger partial charge < -0.3 is 4.90 Å². The number of fused-ring (bicyclic) bond motifs is 2. The lowest BCUT2D eigenvalue weighted by Gasteiger charge is -2.26. The molecule has 2 aliphatic rings. The zero-order chi connectivity index (χ0) is 18.4. The van der Waals surface area contributed by atoms with Crippen LogP contribution in [0, 0.1) is 25.6 Å². The minimum Gasteiger partial charge on any atom is -0.305 e. The molecule has 0 unspecified atom stereocenters. The molecule has 5 heteroatoms. The van der Waals surface area contributed by atoms with Gasteiger partial charge in [0.2, 0.25) is 5.91 Å². The second-order valence-electron chi connectivity index (χ2n) is 7.10. The Bertz CT molecular complexity index is 918. The van der Waals surface area contributed by atoms with E-state index < -0.39 is 5.82 Å². The Kier molecular flexibility index (Phi) is 4.31. The van der Waals surface area contributed by atoms with Crippen molar-refractivity contribution in [2.24, 2.45) is 10.9 Å². The number of benzene rings is 2. The van der Waals surface area contributed by atoms with Crippen molar-refractivity contribution in [3.05, 3.63) is 57.9 Å². The molecule has 0 N–H and O–H groups in total. The van der Waals surface area contributed by atoms with E-state index in [2.05, 4.69) is 0 Å². The summed E-state index contributed by atoms with van der Waals surface area (Å²) in [5.74, 6) is -0.622. The second-order valence-corrected chi connectivity index (χ2v) is 7.50. The number of rotatable bonds is 2. The first-order valence-electron chi connectivity index (χ1n) is 8.88. The van der Waals surface area contributed by atoms with Crippen LogP contribution in [0.2, 0.25) is 5.02 Å². The Labute approximate surface area is 157 Å². The van der Waals surface area contributed by atoms with Crippen LogP contribution in [0.4, 0.5) is 15.8 Å². The summed E-state index contributed by atoms with van der Waals surface area (Å²) >= 11 is 6.23. The average Bonchev–Trinajstić information content (AvgIpc) is 3.02. The molecule has 4 rings (SSSR count). The molecule has 0 aromatic heterocycles. The number of hydrogen-bond acceptors (Lipinski definition) is 2. The number of nitrogens with zero attached hydrogens (tertiary/aromatic N) is 2. The van der Waals surface area contributed by atoms with Gasteiger partial charge in [-0.15, -0.1) is 0 Å². The average molecular weight is 371 g/mol. The van der Waals surface area contributed by atoms with E-state index in [1.54, 1.807) is 17.0 Å². The van der Waals surface area contributed by atoms with E-state index in [0.29, 0.717) is 10.6 Å². The molecule has 1 aliphatic heterocycles. The molecule has 1 saturated carbocycles. The van der Waals surface area contributed by atoms with Gasteiger partial charge in [-0.3, -0.25) is 9.79 Å². The fourth-order valence-electron chi connectivity index (χ4n) is 3.79. The molecule has 2 aromatic carbocycles. The van der Waals surface area contributed by atoms with Gasteiger partial charge in [-0.2, -0.15) is 0 Å². The third kappa shape index (κ3) is 2.82. The number of halogens is 2. The Balaban J connectivity index is 1.86. The fraction of sp³-hybridized carbons (Fsp3) is 0.333. The van der Waals surface area contributed by atoms with Crippen LogP contribution in [-0.4, -0.2) is 11.6 Å². The van der Waals surface area contributed by atoms with Gasteiger partial charge in [0.1, 0.15) is 5.82 Å². The topological polar surface area (TPSA) is 32.7 Å². The molecule has 0 saturated heterocycles. The number of aryl methyl sites for hydroxylation is 2. The number of carbonyl (C=O) groups is 1. The highest BCUT2D eigenvalue weighted by Crippen LogP contribution is 2.40. The molecule has 0 radical (unpaired) electrons. The lowest BCUT2D eigenvalue weighted by Crippen LogP contribution is -2.36. The van der Waals surface area contributed by atoms with E-state index in [1.807, 2.05) is 26.0 Å². The maximum Gasteiger partial charge on any atom is 0.236 e. The maximum absolute atomic E-state index is 14.4. The Morgan fingerprint density at radius 2 is 2.04 bits per heavy atom. The van der Waals surface area contributed by atoms with Crippen LogP contribution in [-0.2, 0) is 11.3 Å². The molecule has 1 amide bonds. The van der Waals surface area contributed by atoms with Gasteiger partial charge in [-0.25, -0.2) is 4.39 Å². The van der Waals surface area contributed by atoms with E-state index in [4.69, 9.17) is 16.6 Å². The van der Waals surface area contributed by atoms with Gasteiger partial charge in [-0.1, -0.05) is 17.7 Å². The van der Waals surface area contributed by atoms with Gasteiger partial charge in [0.15, 0.2) is 0 Å². The van der Waals surface area contributed by atoms with Crippen LogP contribution in [0.25, 0.3) is 0 Å². The smallest absolute Gasteiger partial charge is 0.236 e. The number of aliphatic imine (C=N–C) groups is 1. The molecule has 134 valence electrons. The third-order valence-corrected chi connectivity index (χ3v) is 5.77. The zero-order valence-corrected chi connectivity index (χ0v) is 15.6. The van der Waals surface area contributed by atoms with Crippen LogP contribution in [0.15, 0.2) is 35.3 Å². The summed E-state index contributed by atoms with van der Waals surface area (Å²) in [5.41, 5.74) is 5.01. The van der Waals surface area contributed by atoms with Crippen molar-refractivity contribution in [2.45, 2.75) is 39.7 Å². The molecule has 0 bridgehead atoms. The molecule has 1 atom stereocenters. The molecule has 1 heterocycles. The molecule has 2 aromatic rings. The standard InChI is InChI=1S/C21H20ClFN2O/c1-12-9-19-20(10-13(12)2)25(11-15-16(22)6-4-7-17(15)23)21(26)14-5-3-8-18(14)24-19/h4,6-7,9-10,14H,3,5,8,11H2,1-2H3/t14-/m1/s1. The zero-order valence-electron chi connectivity index (χ0n) is 14.9. The Morgan fingerprint density at radius 3 is 2.81 bits per heavy atom. The summed E-state index contributed by atoms with van der Waals surface area (Å²) < 4.78 is 14.4. The highest BCUT2D eigenvalue weighted by atomic mass is 35.5. The lowest BCUT2D eigenvalue weighted by molar-refractivity contribution is -0.120. The number of hydrogen-bond donors (Lipinski definition) is 0. The summed E-state index contributed by atoms with van der Waals surface area (Å²) in [6, 6.07) is 8.60. The van der Waals surface area contributed by atoms with E-state index >= 15 is 0 Å². The van der Waals surface area contributed by atoms with Crippen molar-refractivity contribution in [3.8, 4) is 0 Å². The summed E-state index contributed by atoms with van der Waals surface area (Å²) in [4.78, 5) is 19.8. The van der Waals surface area contributed by atoms with Crippen molar-refractivity contribution in [1.29, 1.82) is 0 Å².